The van der Waals surface area contributed by atoms with Crippen molar-refractivity contribution in [1.29, 1.82) is 0 Å². The van der Waals surface area contributed by atoms with Crippen LogP contribution in [0.15, 0.2) is 15.8 Å². The quantitative estimate of drug-likeness (QED) is 0.567. The first-order valence-electron chi connectivity index (χ1n) is 3.43. The molecule has 0 fully saturated rings. The highest BCUT2D eigenvalue weighted by Crippen LogP contribution is 2.05. The molecule has 11 heavy (non-hydrogen) atoms. The van der Waals surface area contributed by atoms with Crippen LogP contribution in [0.3, 0.4) is 0 Å². The number of aromatic amines is 2. The first-order valence-corrected chi connectivity index (χ1v) is 3.43. The van der Waals surface area contributed by atoms with E-state index >= 15 is 0 Å². The maximum atomic E-state index is 10.7. The second-order valence-electron chi connectivity index (χ2n) is 2.68. The standard InChI is InChI=1S/C7H10N2O2/c1-4(2)5-3-8-6(10)7(11)9-5/h3-4H,1-2H3,(H,8,10)(H,9,11). The number of hydrogen-bond acceptors (Lipinski definition) is 2. The van der Waals surface area contributed by atoms with Crippen molar-refractivity contribution in [3.63, 3.8) is 0 Å². The van der Waals surface area contributed by atoms with Gasteiger partial charge in [-0.05, 0) is 5.92 Å². The highest BCUT2D eigenvalue weighted by molar-refractivity contribution is 4.99. The van der Waals surface area contributed by atoms with E-state index in [0.29, 0.717) is 0 Å². The van der Waals surface area contributed by atoms with Gasteiger partial charge in [-0.1, -0.05) is 13.8 Å². The lowest BCUT2D eigenvalue weighted by atomic mass is 10.1. The van der Waals surface area contributed by atoms with E-state index in [1.807, 2.05) is 13.8 Å². The highest BCUT2D eigenvalue weighted by Gasteiger charge is 2.00. The fourth-order valence-corrected chi connectivity index (χ4v) is 0.744. The van der Waals surface area contributed by atoms with E-state index in [1.54, 1.807) is 0 Å². The monoisotopic (exact) mass is 154 g/mol. The number of aromatic nitrogens is 2. The smallest absolute Gasteiger partial charge is 0.313 e. The Hall–Kier alpha value is -1.32. The molecule has 4 nitrogen and oxygen atoms in total. The third-order valence-electron chi connectivity index (χ3n) is 1.44. The van der Waals surface area contributed by atoms with Gasteiger partial charge in [0.25, 0.3) is 0 Å². The Kier molecular flexibility index (Phi) is 1.94. The molecular weight excluding hydrogens is 144 g/mol. The lowest BCUT2D eigenvalue weighted by Crippen LogP contribution is -2.30. The summed E-state index contributed by atoms with van der Waals surface area (Å²) in [6, 6.07) is 0. The van der Waals surface area contributed by atoms with Gasteiger partial charge >= 0.3 is 11.1 Å². The van der Waals surface area contributed by atoms with Gasteiger partial charge in [-0.3, -0.25) is 9.59 Å². The molecular formula is C7H10N2O2. The summed E-state index contributed by atoms with van der Waals surface area (Å²) in [6.45, 7) is 3.87. The van der Waals surface area contributed by atoms with Crippen LogP contribution >= 0.6 is 0 Å². The molecule has 0 aromatic carbocycles. The molecule has 0 atom stereocenters. The van der Waals surface area contributed by atoms with Gasteiger partial charge in [0, 0.05) is 11.9 Å². The lowest BCUT2D eigenvalue weighted by molar-refractivity contribution is 0.797. The van der Waals surface area contributed by atoms with Crippen molar-refractivity contribution < 1.29 is 0 Å². The van der Waals surface area contributed by atoms with Crippen LogP contribution in [-0.2, 0) is 0 Å². The molecule has 1 heterocycles. The van der Waals surface area contributed by atoms with Gasteiger partial charge in [-0.25, -0.2) is 0 Å². The molecule has 1 aromatic rings. The normalized spacial score (nSPS) is 10.5. The fraction of sp³-hybridized carbons (Fsp3) is 0.429. The molecule has 0 unspecified atom stereocenters. The number of rotatable bonds is 1. The molecule has 0 bridgehead atoms. The van der Waals surface area contributed by atoms with Crippen molar-refractivity contribution in [3.05, 3.63) is 32.6 Å². The van der Waals surface area contributed by atoms with E-state index < -0.39 is 11.1 Å². The van der Waals surface area contributed by atoms with E-state index in [2.05, 4.69) is 9.97 Å². The topological polar surface area (TPSA) is 65.7 Å². The average molecular weight is 154 g/mol. The zero-order valence-corrected chi connectivity index (χ0v) is 6.47. The van der Waals surface area contributed by atoms with Crippen LogP contribution in [0.25, 0.3) is 0 Å². The van der Waals surface area contributed by atoms with Gasteiger partial charge in [0.1, 0.15) is 0 Å². The van der Waals surface area contributed by atoms with Crippen LogP contribution in [0.4, 0.5) is 0 Å². The minimum atomic E-state index is -0.602. The lowest BCUT2D eigenvalue weighted by Gasteiger charge is -2.01. The minimum Gasteiger partial charge on any atom is -0.323 e. The Balaban J connectivity index is 3.27. The van der Waals surface area contributed by atoms with Crippen LogP contribution in [0.1, 0.15) is 25.5 Å². The van der Waals surface area contributed by atoms with E-state index in [-0.39, 0.29) is 5.92 Å². The third-order valence-corrected chi connectivity index (χ3v) is 1.44. The summed E-state index contributed by atoms with van der Waals surface area (Å²) in [6.07, 6.45) is 1.52. The zero-order chi connectivity index (χ0) is 8.43. The summed E-state index contributed by atoms with van der Waals surface area (Å²) in [5.41, 5.74) is -0.444. The number of nitrogens with one attached hydrogen (secondary N) is 2. The van der Waals surface area contributed by atoms with Crippen molar-refractivity contribution in [2.75, 3.05) is 0 Å². The minimum absolute atomic E-state index is 0.222. The van der Waals surface area contributed by atoms with E-state index in [9.17, 15) is 9.59 Å². The fourth-order valence-electron chi connectivity index (χ4n) is 0.744. The Morgan fingerprint density at radius 1 is 1.27 bits per heavy atom. The van der Waals surface area contributed by atoms with Crippen molar-refractivity contribution in [1.82, 2.24) is 9.97 Å². The van der Waals surface area contributed by atoms with Gasteiger partial charge in [-0.2, -0.15) is 0 Å². The summed E-state index contributed by atoms with van der Waals surface area (Å²) < 4.78 is 0. The van der Waals surface area contributed by atoms with Crippen LogP contribution in [0, 0.1) is 0 Å². The van der Waals surface area contributed by atoms with Crippen LogP contribution in [-0.4, -0.2) is 9.97 Å². The van der Waals surface area contributed by atoms with Gasteiger partial charge in [0.15, 0.2) is 0 Å². The molecule has 1 rings (SSSR count). The molecule has 0 amide bonds. The van der Waals surface area contributed by atoms with Crippen LogP contribution < -0.4 is 11.1 Å². The second kappa shape index (κ2) is 2.74. The summed E-state index contributed by atoms with van der Waals surface area (Å²) in [7, 11) is 0. The molecule has 4 heteroatoms. The second-order valence-corrected chi connectivity index (χ2v) is 2.68. The number of H-pyrrole nitrogens is 2. The predicted octanol–water partition coefficient (Wildman–Crippen LogP) is 0.187. The van der Waals surface area contributed by atoms with E-state index in [0.717, 1.165) is 5.69 Å². The zero-order valence-electron chi connectivity index (χ0n) is 6.47. The maximum Gasteiger partial charge on any atom is 0.313 e. The SMILES string of the molecule is CC(C)c1c[nH]c(=O)c(=O)[nH]1. The molecule has 0 saturated carbocycles. The van der Waals surface area contributed by atoms with Gasteiger partial charge in [-0.15, -0.1) is 0 Å². The Bertz CT molecular complexity index is 348. The molecule has 60 valence electrons. The van der Waals surface area contributed by atoms with Crippen molar-refractivity contribution in [2.24, 2.45) is 0 Å². The van der Waals surface area contributed by atoms with Gasteiger partial charge < -0.3 is 9.97 Å². The van der Waals surface area contributed by atoms with E-state index in [1.165, 1.54) is 6.20 Å². The molecule has 2 N–H and O–H groups in total. The van der Waals surface area contributed by atoms with Crippen molar-refractivity contribution in [3.8, 4) is 0 Å². The first-order chi connectivity index (χ1) is 5.11. The molecule has 1 aromatic heterocycles. The molecule has 0 aliphatic heterocycles. The molecule has 0 saturated heterocycles. The predicted molar refractivity (Wildman–Crippen MR) is 41.8 cm³/mol. The number of hydrogen-bond donors (Lipinski definition) is 2. The summed E-state index contributed by atoms with van der Waals surface area (Å²) in [5.74, 6) is 0.222. The van der Waals surface area contributed by atoms with Crippen molar-refractivity contribution >= 4 is 0 Å². The van der Waals surface area contributed by atoms with Gasteiger partial charge in [0.2, 0.25) is 0 Å². The third kappa shape index (κ3) is 1.58. The first kappa shape index (κ1) is 7.78. The van der Waals surface area contributed by atoms with Crippen LogP contribution in [0.5, 0.6) is 0 Å². The molecule has 0 radical (unpaired) electrons. The van der Waals surface area contributed by atoms with Gasteiger partial charge in [0.05, 0.1) is 0 Å². The highest BCUT2D eigenvalue weighted by atomic mass is 16.2. The molecule has 0 aliphatic rings. The Morgan fingerprint density at radius 2 is 1.91 bits per heavy atom. The maximum absolute atomic E-state index is 10.7. The Morgan fingerprint density at radius 3 is 2.36 bits per heavy atom. The summed E-state index contributed by atoms with van der Waals surface area (Å²) in [5, 5.41) is 0. The largest absolute Gasteiger partial charge is 0.323 e. The van der Waals surface area contributed by atoms with Crippen molar-refractivity contribution in [2.45, 2.75) is 19.8 Å². The van der Waals surface area contributed by atoms with E-state index in [4.69, 9.17) is 0 Å². The summed E-state index contributed by atoms with van der Waals surface area (Å²) in [4.78, 5) is 26.2. The summed E-state index contributed by atoms with van der Waals surface area (Å²) >= 11 is 0. The average Bonchev–Trinajstić information content (AvgIpc) is 1.94. The molecule has 0 spiro atoms. The van der Waals surface area contributed by atoms with Crippen LogP contribution in [0.2, 0.25) is 0 Å². The Labute approximate surface area is 63.3 Å². The molecule has 0 aliphatic carbocycles.